The van der Waals surface area contributed by atoms with E-state index in [1.54, 1.807) is 0 Å². The van der Waals surface area contributed by atoms with Crippen LogP contribution in [-0.2, 0) is 0 Å². The summed E-state index contributed by atoms with van der Waals surface area (Å²) in [6.07, 6.45) is 2.53. The molecule has 8 heteroatoms. The Bertz CT molecular complexity index is 1420. The highest BCUT2D eigenvalue weighted by atomic mass is 35.5. The maximum Gasteiger partial charge on any atom is 0.144 e. The number of nitrogens with one attached hydrogen (secondary N) is 1. The number of H-pyrrole nitrogens is 1. The number of nitrogens with two attached hydrogens (primary N) is 2. The van der Waals surface area contributed by atoms with E-state index in [2.05, 4.69) is 53.0 Å². The average Bonchev–Trinajstić information content (AvgIpc) is 3.21. The van der Waals surface area contributed by atoms with Crippen molar-refractivity contribution in [1.29, 1.82) is 5.26 Å². The topological polar surface area (TPSA) is 121 Å². The first-order valence-corrected chi connectivity index (χ1v) is 11.6. The maximum absolute atomic E-state index is 9.72. The van der Waals surface area contributed by atoms with Crippen LogP contribution in [0.1, 0.15) is 17.5 Å². The van der Waals surface area contributed by atoms with Crippen LogP contribution in [0.25, 0.3) is 33.5 Å². The van der Waals surface area contributed by atoms with Gasteiger partial charge in [0.05, 0.1) is 34.3 Å². The second-order valence-corrected chi connectivity index (χ2v) is 9.47. The minimum absolute atomic E-state index is 0.151. The number of halogens is 1. The fourth-order valence-corrected chi connectivity index (χ4v) is 5.00. The standard InChI is InChI=1S/C26H26ClN7/c1-14-7-15(2)9-16(8-14)19-12-31-25(30)23(24(19)34-6-5-20(29)17(11-28)13-34)26-32-21-4-3-18(27)10-22(21)33-26/h3-4,7-10,12,17,20H,5-6,13,29H2,1-2H3,(H2,30,31)(H,32,33)/t17-,20-/m1/s1. The number of nitrogens with zero attached hydrogens (tertiary/aromatic N) is 4. The van der Waals surface area contributed by atoms with Crippen LogP contribution in [0.4, 0.5) is 11.5 Å². The predicted octanol–water partition coefficient (Wildman–Crippen LogP) is 4.82. The maximum atomic E-state index is 9.72. The second kappa shape index (κ2) is 8.64. The lowest BCUT2D eigenvalue weighted by atomic mass is 9.91. The number of rotatable bonds is 3. The minimum Gasteiger partial charge on any atom is -0.383 e. The quantitative estimate of drug-likeness (QED) is 0.394. The smallest absolute Gasteiger partial charge is 0.144 e. The van der Waals surface area contributed by atoms with Crippen molar-refractivity contribution in [2.75, 3.05) is 23.7 Å². The summed E-state index contributed by atoms with van der Waals surface area (Å²) in [4.78, 5) is 15.0. The normalized spacial score (nSPS) is 18.3. The van der Waals surface area contributed by atoms with Gasteiger partial charge < -0.3 is 21.4 Å². The van der Waals surface area contributed by atoms with Gasteiger partial charge in [0, 0.05) is 35.9 Å². The summed E-state index contributed by atoms with van der Waals surface area (Å²) in [5.41, 5.74) is 20.3. The molecule has 0 unspecified atom stereocenters. The number of aryl methyl sites for hydroxylation is 2. The first-order valence-electron chi connectivity index (χ1n) is 11.3. The van der Waals surface area contributed by atoms with Crippen LogP contribution in [0, 0.1) is 31.1 Å². The predicted molar refractivity (Wildman–Crippen MR) is 138 cm³/mol. The molecule has 1 fully saturated rings. The zero-order valence-corrected chi connectivity index (χ0v) is 19.9. The van der Waals surface area contributed by atoms with E-state index in [0.717, 1.165) is 44.5 Å². The van der Waals surface area contributed by atoms with Crippen molar-refractivity contribution < 1.29 is 0 Å². The van der Waals surface area contributed by atoms with Gasteiger partial charge in [0.1, 0.15) is 11.6 Å². The molecule has 0 spiro atoms. The first kappa shape index (κ1) is 22.2. The lowest BCUT2D eigenvalue weighted by molar-refractivity contribution is 0.424. The third kappa shape index (κ3) is 3.96. The second-order valence-electron chi connectivity index (χ2n) is 9.04. The zero-order chi connectivity index (χ0) is 24.0. The Morgan fingerprint density at radius 1 is 1.18 bits per heavy atom. The van der Waals surface area contributed by atoms with Crippen molar-refractivity contribution in [3.05, 3.63) is 58.7 Å². The molecule has 5 rings (SSSR count). The van der Waals surface area contributed by atoms with E-state index in [-0.39, 0.29) is 12.0 Å². The molecule has 3 heterocycles. The summed E-state index contributed by atoms with van der Waals surface area (Å²) in [5, 5.41) is 10.3. The number of piperidine rings is 1. The number of fused-ring (bicyclic) bond motifs is 1. The van der Waals surface area contributed by atoms with Crippen molar-refractivity contribution in [3.8, 4) is 28.6 Å². The minimum atomic E-state index is -0.280. The molecule has 0 radical (unpaired) electrons. The molecule has 4 aromatic rings. The SMILES string of the molecule is Cc1cc(C)cc(-c2cnc(N)c(-c3nc4ccc(Cl)cc4[nH]3)c2N2CC[C@@H](N)[C@H](C#N)C2)c1. The number of nitrogen functional groups attached to an aromatic ring is 1. The molecule has 1 aliphatic rings. The molecule has 0 bridgehead atoms. The van der Waals surface area contributed by atoms with E-state index in [1.165, 1.54) is 0 Å². The number of benzene rings is 2. The Kier molecular flexibility index (Phi) is 5.64. The molecule has 5 N–H and O–H groups in total. The van der Waals surface area contributed by atoms with Gasteiger partial charge in [0.2, 0.25) is 0 Å². The third-order valence-corrected chi connectivity index (χ3v) is 6.68. The molecule has 0 saturated carbocycles. The van der Waals surface area contributed by atoms with Gasteiger partial charge in [0.25, 0.3) is 0 Å². The summed E-state index contributed by atoms with van der Waals surface area (Å²) in [5.74, 6) is 0.709. The summed E-state index contributed by atoms with van der Waals surface area (Å²) in [6, 6.07) is 14.2. The largest absolute Gasteiger partial charge is 0.383 e. The number of aromatic amines is 1. The molecule has 2 aromatic carbocycles. The van der Waals surface area contributed by atoms with E-state index in [0.29, 0.717) is 36.2 Å². The van der Waals surface area contributed by atoms with Crippen LogP contribution >= 0.6 is 11.6 Å². The van der Waals surface area contributed by atoms with Gasteiger partial charge in [0.15, 0.2) is 0 Å². The number of aromatic nitrogens is 3. The van der Waals surface area contributed by atoms with Crippen molar-refractivity contribution in [2.45, 2.75) is 26.3 Å². The van der Waals surface area contributed by atoms with E-state index in [4.69, 9.17) is 28.1 Å². The molecule has 2 atom stereocenters. The summed E-state index contributed by atoms with van der Waals surface area (Å²) < 4.78 is 0. The first-order chi connectivity index (χ1) is 16.3. The van der Waals surface area contributed by atoms with E-state index in [9.17, 15) is 5.26 Å². The molecule has 0 aliphatic carbocycles. The molecule has 1 aliphatic heterocycles. The number of pyridine rings is 1. The Morgan fingerprint density at radius 3 is 2.68 bits per heavy atom. The lowest BCUT2D eigenvalue weighted by Crippen LogP contribution is -2.47. The molecule has 7 nitrogen and oxygen atoms in total. The zero-order valence-electron chi connectivity index (χ0n) is 19.1. The highest BCUT2D eigenvalue weighted by molar-refractivity contribution is 6.31. The Hall–Kier alpha value is -3.60. The van der Waals surface area contributed by atoms with Crippen LogP contribution in [0.2, 0.25) is 5.02 Å². The molecule has 2 aromatic heterocycles. The van der Waals surface area contributed by atoms with Gasteiger partial charge in [-0.2, -0.15) is 5.26 Å². The average molecular weight is 472 g/mol. The van der Waals surface area contributed by atoms with Gasteiger partial charge in [-0.25, -0.2) is 9.97 Å². The third-order valence-electron chi connectivity index (χ3n) is 6.44. The Balaban J connectivity index is 1.77. The highest BCUT2D eigenvalue weighted by Crippen LogP contribution is 2.43. The molecule has 172 valence electrons. The Labute approximate surface area is 203 Å². The molecule has 34 heavy (non-hydrogen) atoms. The van der Waals surface area contributed by atoms with Crippen molar-refractivity contribution >= 4 is 34.1 Å². The molecule has 1 saturated heterocycles. The number of hydrogen-bond acceptors (Lipinski definition) is 6. The molecule has 0 amide bonds. The highest BCUT2D eigenvalue weighted by Gasteiger charge is 2.31. The van der Waals surface area contributed by atoms with Gasteiger partial charge in [-0.3, -0.25) is 0 Å². The van der Waals surface area contributed by atoms with E-state index < -0.39 is 0 Å². The van der Waals surface area contributed by atoms with Crippen LogP contribution < -0.4 is 16.4 Å². The number of imidazole rings is 1. The number of nitriles is 1. The van der Waals surface area contributed by atoms with Crippen LogP contribution in [0.15, 0.2) is 42.6 Å². The molecular weight excluding hydrogens is 446 g/mol. The van der Waals surface area contributed by atoms with Gasteiger partial charge >= 0.3 is 0 Å². The summed E-state index contributed by atoms with van der Waals surface area (Å²) in [6.45, 7) is 5.38. The Morgan fingerprint density at radius 2 is 1.94 bits per heavy atom. The van der Waals surface area contributed by atoms with Crippen molar-refractivity contribution in [1.82, 2.24) is 15.0 Å². The summed E-state index contributed by atoms with van der Waals surface area (Å²) >= 11 is 6.20. The monoisotopic (exact) mass is 471 g/mol. The van der Waals surface area contributed by atoms with Crippen molar-refractivity contribution in [2.24, 2.45) is 11.7 Å². The van der Waals surface area contributed by atoms with Gasteiger partial charge in [-0.15, -0.1) is 0 Å². The number of anilines is 2. The van der Waals surface area contributed by atoms with E-state index >= 15 is 0 Å². The summed E-state index contributed by atoms with van der Waals surface area (Å²) in [7, 11) is 0. The van der Waals surface area contributed by atoms with Crippen molar-refractivity contribution in [3.63, 3.8) is 0 Å². The molecular formula is C26H26ClN7. The number of hydrogen-bond donors (Lipinski definition) is 3. The van der Waals surface area contributed by atoms with Crippen LogP contribution in [0.3, 0.4) is 0 Å². The van der Waals surface area contributed by atoms with Crippen LogP contribution in [0.5, 0.6) is 0 Å². The van der Waals surface area contributed by atoms with Crippen LogP contribution in [-0.4, -0.2) is 34.1 Å². The fourth-order valence-electron chi connectivity index (χ4n) is 4.83. The lowest BCUT2D eigenvalue weighted by Gasteiger charge is -2.37. The van der Waals surface area contributed by atoms with Gasteiger partial charge in [-0.05, 0) is 44.0 Å². The van der Waals surface area contributed by atoms with E-state index in [1.807, 2.05) is 24.4 Å². The van der Waals surface area contributed by atoms with Gasteiger partial charge in [-0.1, -0.05) is 40.9 Å². The fraction of sp³-hybridized carbons (Fsp3) is 0.269.